The summed E-state index contributed by atoms with van der Waals surface area (Å²) >= 11 is 1.74. The summed E-state index contributed by atoms with van der Waals surface area (Å²) in [5, 5.41) is 7.71. The number of ether oxygens (including phenoxy) is 1. The van der Waals surface area contributed by atoms with Crippen LogP contribution in [0.1, 0.15) is 28.1 Å². The van der Waals surface area contributed by atoms with Gasteiger partial charge in [0.2, 0.25) is 0 Å². The van der Waals surface area contributed by atoms with Crippen LogP contribution in [0.3, 0.4) is 0 Å². The van der Waals surface area contributed by atoms with Crippen LogP contribution in [0, 0.1) is 13.8 Å². The van der Waals surface area contributed by atoms with E-state index in [4.69, 9.17) is 10.5 Å². The Bertz CT molecular complexity index is 775. The number of nitrogens with zero attached hydrogens (tertiary/aromatic N) is 2. The number of aliphatic imine (C=N–C) groups is 1. The van der Waals surface area contributed by atoms with Crippen LogP contribution in [0.15, 0.2) is 29.3 Å². The number of guanidine groups is 1. The Morgan fingerprint density at radius 1 is 1.32 bits per heavy atom. The normalized spacial score (nSPS) is 10.9. The van der Waals surface area contributed by atoms with E-state index in [0.717, 1.165) is 41.7 Å². The second-order valence-electron chi connectivity index (χ2n) is 6.02. The van der Waals surface area contributed by atoms with Gasteiger partial charge in [0.25, 0.3) is 5.91 Å². The molecule has 0 fully saturated rings. The van der Waals surface area contributed by atoms with Crippen molar-refractivity contribution in [2.75, 3.05) is 19.7 Å². The third kappa shape index (κ3) is 8.42. The standard InChI is InChI=1S/C19H27N5O2S.HI/c1-4-21-19(22-9-8-18-24-13(2)14(3)27-18)23-11-15-6-5-7-16(10-15)26-12-17(20)25;/h5-7,10H,4,8-9,11-12H2,1-3H3,(H2,20,25)(H2,21,22,23);1H. The SMILES string of the molecule is CCNC(=NCc1cccc(OCC(N)=O)c1)NCCc1nc(C)c(C)s1.I. The average molecular weight is 517 g/mol. The fourth-order valence-electron chi connectivity index (χ4n) is 2.33. The Balaban J connectivity index is 0.00000392. The average Bonchev–Trinajstić information content (AvgIpc) is 2.96. The molecule has 7 nitrogen and oxygen atoms in total. The molecule has 4 N–H and O–H groups in total. The highest BCUT2D eigenvalue weighted by Gasteiger charge is 2.05. The van der Waals surface area contributed by atoms with Gasteiger partial charge in [0.05, 0.1) is 17.2 Å². The van der Waals surface area contributed by atoms with Crippen LogP contribution < -0.4 is 21.1 Å². The highest BCUT2D eigenvalue weighted by atomic mass is 127. The van der Waals surface area contributed by atoms with Gasteiger partial charge in [0, 0.05) is 24.4 Å². The molecular formula is C19H28IN5O2S. The molecule has 1 amide bonds. The van der Waals surface area contributed by atoms with Gasteiger partial charge in [-0.3, -0.25) is 4.79 Å². The predicted octanol–water partition coefficient (Wildman–Crippen LogP) is 2.54. The molecular weight excluding hydrogens is 489 g/mol. The number of nitrogens with one attached hydrogen (secondary N) is 2. The fraction of sp³-hybridized carbons (Fsp3) is 0.421. The lowest BCUT2D eigenvalue weighted by molar-refractivity contribution is -0.119. The second kappa shape index (κ2) is 12.6. The molecule has 1 aromatic heterocycles. The first-order valence-corrected chi connectivity index (χ1v) is 9.74. The third-order valence-electron chi connectivity index (χ3n) is 3.75. The lowest BCUT2D eigenvalue weighted by Crippen LogP contribution is -2.38. The molecule has 1 aromatic carbocycles. The number of benzene rings is 1. The summed E-state index contributed by atoms with van der Waals surface area (Å²) in [6, 6.07) is 7.48. The lowest BCUT2D eigenvalue weighted by Gasteiger charge is -2.11. The van der Waals surface area contributed by atoms with Crippen molar-refractivity contribution in [3.63, 3.8) is 0 Å². The topological polar surface area (TPSA) is 102 Å². The van der Waals surface area contributed by atoms with Crippen molar-refractivity contribution in [1.29, 1.82) is 0 Å². The van der Waals surface area contributed by atoms with Crippen LogP contribution >= 0.6 is 35.3 Å². The zero-order valence-electron chi connectivity index (χ0n) is 16.4. The molecule has 154 valence electrons. The number of amides is 1. The second-order valence-corrected chi connectivity index (χ2v) is 7.31. The molecule has 2 aromatic rings. The minimum absolute atomic E-state index is 0. The van der Waals surface area contributed by atoms with Crippen molar-refractivity contribution >= 4 is 47.2 Å². The van der Waals surface area contributed by atoms with Crippen LogP contribution in [0.5, 0.6) is 5.75 Å². The first-order chi connectivity index (χ1) is 13.0. The predicted molar refractivity (Wildman–Crippen MR) is 125 cm³/mol. The minimum atomic E-state index is -0.498. The minimum Gasteiger partial charge on any atom is -0.484 e. The van der Waals surface area contributed by atoms with Gasteiger partial charge in [-0.05, 0) is 38.5 Å². The zero-order valence-corrected chi connectivity index (χ0v) is 19.6. The van der Waals surface area contributed by atoms with E-state index in [9.17, 15) is 4.79 Å². The largest absolute Gasteiger partial charge is 0.484 e. The summed E-state index contributed by atoms with van der Waals surface area (Å²) in [4.78, 5) is 21.3. The van der Waals surface area contributed by atoms with Gasteiger partial charge in [-0.25, -0.2) is 9.98 Å². The van der Waals surface area contributed by atoms with Crippen LogP contribution in [0.4, 0.5) is 0 Å². The van der Waals surface area contributed by atoms with Crippen molar-refractivity contribution in [3.05, 3.63) is 45.4 Å². The molecule has 2 rings (SSSR count). The van der Waals surface area contributed by atoms with Gasteiger partial charge in [-0.1, -0.05) is 12.1 Å². The molecule has 9 heteroatoms. The molecule has 0 aliphatic rings. The highest BCUT2D eigenvalue weighted by Crippen LogP contribution is 2.16. The summed E-state index contributed by atoms with van der Waals surface area (Å²) in [5.41, 5.74) is 7.19. The van der Waals surface area contributed by atoms with E-state index in [1.807, 2.05) is 32.0 Å². The van der Waals surface area contributed by atoms with Gasteiger partial charge in [0.1, 0.15) is 5.75 Å². The van der Waals surface area contributed by atoms with Gasteiger partial charge < -0.3 is 21.1 Å². The Morgan fingerprint density at radius 2 is 2.11 bits per heavy atom. The van der Waals surface area contributed by atoms with Crippen molar-refractivity contribution in [3.8, 4) is 5.75 Å². The maximum absolute atomic E-state index is 10.8. The molecule has 0 radical (unpaired) electrons. The highest BCUT2D eigenvalue weighted by molar-refractivity contribution is 14.0. The number of carbonyl (C=O) groups excluding carboxylic acids is 1. The molecule has 0 atom stereocenters. The summed E-state index contributed by atoms with van der Waals surface area (Å²) < 4.78 is 5.33. The first kappa shape index (κ1) is 24.2. The number of hydrogen-bond acceptors (Lipinski definition) is 5. The van der Waals surface area contributed by atoms with Gasteiger partial charge in [-0.2, -0.15) is 0 Å². The van der Waals surface area contributed by atoms with E-state index >= 15 is 0 Å². The molecule has 0 aliphatic heterocycles. The fourth-order valence-corrected chi connectivity index (χ4v) is 3.27. The summed E-state index contributed by atoms with van der Waals surface area (Å²) in [6.45, 7) is 8.07. The molecule has 0 saturated heterocycles. The number of carbonyl (C=O) groups is 1. The molecule has 0 spiro atoms. The number of aryl methyl sites for hydroxylation is 2. The van der Waals surface area contributed by atoms with Crippen LogP contribution in [-0.4, -0.2) is 36.5 Å². The van der Waals surface area contributed by atoms with E-state index in [-0.39, 0.29) is 30.6 Å². The monoisotopic (exact) mass is 517 g/mol. The molecule has 0 aliphatic carbocycles. The summed E-state index contributed by atoms with van der Waals surface area (Å²) in [6.07, 6.45) is 0.861. The maximum Gasteiger partial charge on any atom is 0.255 e. The quantitative estimate of drug-likeness (QED) is 0.270. The van der Waals surface area contributed by atoms with Crippen LogP contribution in [0.2, 0.25) is 0 Å². The third-order valence-corrected chi connectivity index (χ3v) is 4.88. The van der Waals surface area contributed by atoms with Crippen LogP contribution in [-0.2, 0) is 17.8 Å². The van der Waals surface area contributed by atoms with Crippen molar-refractivity contribution in [2.45, 2.75) is 33.7 Å². The number of rotatable bonds is 9. The number of nitrogens with two attached hydrogens (primary N) is 1. The van der Waals surface area contributed by atoms with Gasteiger partial charge >= 0.3 is 0 Å². The van der Waals surface area contributed by atoms with E-state index in [2.05, 4.69) is 27.5 Å². The van der Waals surface area contributed by atoms with Gasteiger partial charge in [-0.15, -0.1) is 35.3 Å². The van der Waals surface area contributed by atoms with E-state index in [1.54, 1.807) is 17.4 Å². The Kier molecular flexibility index (Phi) is 10.8. The summed E-state index contributed by atoms with van der Waals surface area (Å²) in [5.74, 6) is 0.864. The van der Waals surface area contributed by atoms with E-state index in [0.29, 0.717) is 12.3 Å². The Hall–Kier alpha value is -1.88. The zero-order chi connectivity index (χ0) is 19.6. The summed E-state index contributed by atoms with van der Waals surface area (Å²) in [7, 11) is 0. The molecule has 0 saturated carbocycles. The smallest absolute Gasteiger partial charge is 0.255 e. The maximum atomic E-state index is 10.8. The van der Waals surface area contributed by atoms with Crippen molar-refractivity contribution in [2.24, 2.45) is 10.7 Å². The number of thiazole rings is 1. The van der Waals surface area contributed by atoms with E-state index in [1.165, 1.54) is 4.88 Å². The number of halogens is 1. The Morgan fingerprint density at radius 3 is 2.75 bits per heavy atom. The number of primary amides is 1. The number of hydrogen-bond donors (Lipinski definition) is 3. The van der Waals surface area contributed by atoms with Crippen molar-refractivity contribution < 1.29 is 9.53 Å². The molecule has 1 heterocycles. The van der Waals surface area contributed by atoms with Crippen LogP contribution in [0.25, 0.3) is 0 Å². The lowest BCUT2D eigenvalue weighted by atomic mass is 10.2. The first-order valence-electron chi connectivity index (χ1n) is 8.93. The molecule has 0 unspecified atom stereocenters. The van der Waals surface area contributed by atoms with E-state index < -0.39 is 5.91 Å². The molecule has 0 bridgehead atoms. The molecule has 28 heavy (non-hydrogen) atoms. The van der Waals surface area contributed by atoms with Crippen molar-refractivity contribution in [1.82, 2.24) is 15.6 Å². The Labute approximate surface area is 187 Å². The van der Waals surface area contributed by atoms with Gasteiger partial charge in [0.15, 0.2) is 12.6 Å². The number of aromatic nitrogens is 1.